The molecule has 3 aromatic heterocycles. The van der Waals surface area contributed by atoms with Crippen molar-refractivity contribution in [3.63, 3.8) is 0 Å². The van der Waals surface area contributed by atoms with Gasteiger partial charge in [0.1, 0.15) is 16.2 Å². The van der Waals surface area contributed by atoms with Crippen LogP contribution >= 0.6 is 35.0 Å². The second-order valence-electron chi connectivity index (χ2n) is 14.6. The van der Waals surface area contributed by atoms with Crippen molar-refractivity contribution in [3.05, 3.63) is 106 Å². The van der Waals surface area contributed by atoms with Crippen LogP contribution < -0.4 is 22.1 Å². The zero-order valence-electron chi connectivity index (χ0n) is 32.3. The van der Waals surface area contributed by atoms with Gasteiger partial charge in [-0.25, -0.2) is 9.97 Å². The SMILES string of the molecule is Cc1[nH]c2ccccc2c1C[C@H]1C(=O)NCc2cc(-c3ccnc(Cl)c3)cc(Cl)c2Sc2ncccc2CN[C@@H](CCCN)C(=O)C[C@@H](CCCCN)C(=O)N1C. The number of likely N-dealkylation sites (N-methyl/N-ethyl adjacent to an activating group) is 1. The molecule has 7 N–H and O–H groups in total. The van der Waals surface area contributed by atoms with Crippen LogP contribution in [0.1, 0.15) is 60.9 Å². The molecule has 0 radical (unpaired) electrons. The van der Waals surface area contributed by atoms with Crippen LogP contribution in [0.15, 0.2) is 83.0 Å². The molecule has 3 atom stereocenters. The molecule has 2 amide bonds. The minimum Gasteiger partial charge on any atom is -0.358 e. The number of benzene rings is 2. The number of carbonyl (C=O) groups excluding carboxylic acids is 3. The van der Waals surface area contributed by atoms with Gasteiger partial charge in [0, 0.05) is 72.8 Å². The lowest BCUT2D eigenvalue weighted by molar-refractivity contribution is -0.143. The van der Waals surface area contributed by atoms with Gasteiger partial charge in [-0.1, -0.05) is 65.7 Å². The largest absolute Gasteiger partial charge is 0.358 e. The Morgan fingerprint density at radius 2 is 1.68 bits per heavy atom. The van der Waals surface area contributed by atoms with Gasteiger partial charge in [-0.2, -0.15) is 0 Å². The average molecular weight is 830 g/mol. The van der Waals surface area contributed by atoms with Gasteiger partial charge in [-0.3, -0.25) is 14.4 Å². The maximum Gasteiger partial charge on any atom is 0.243 e. The summed E-state index contributed by atoms with van der Waals surface area (Å²) in [6, 6.07) is 17.8. The van der Waals surface area contributed by atoms with Gasteiger partial charge in [0.25, 0.3) is 0 Å². The van der Waals surface area contributed by atoms with E-state index in [0.29, 0.717) is 71.8 Å². The summed E-state index contributed by atoms with van der Waals surface area (Å²) >= 11 is 14.8. The van der Waals surface area contributed by atoms with Crippen LogP contribution in [-0.4, -0.2) is 69.7 Å². The maximum atomic E-state index is 14.7. The van der Waals surface area contributed by atoms with Gasteiger partial charge in [-0.15, -0.1) is 0 Å². The van der Waals surface area contributed by atoms with Gasteiger partial charge in [0.2, 0.25) is 11.8 Å². The summed E-state index contributed by atoms with van der Waals surface area (Å²) < 4.78 is 0. The van der Waals surface area contributed by atoms with Crippen LogP contribution in [0.3, 0.4) is 0 Å². The summed E-state index contributed by atoms with van der Waals surface area (Å²) in [5.41, 5.74) is 17.8. The van der Waals surface area contributed by atoms with E-state index < -0.39 is 18.0 Å². The van der Waals surface area contributed by atoms with Gasteiger partial charge >= 0.3 is 0 Å². The van der Waals surface area contributed by atoms with E-state index in [0.717, 1.165) is 44.4 Å². The van der Waals surface area contributed by atoms with Crippen LogP contribution in [0.2, 0.25) is 10.2 Å². The number of rotatable bonds is 10. The third kappa shape index (κ3) is 10.4. The number of pyridine rings is 2. The van der Waals surface area contributed by atoms with Gasteiger partial charge in [0.05, 0.1) is 11.1 Å². The summed E-state index contributed by atoms with van der Waals surface area (Å²) in [5, 5.41) is 9.16. The molecule has 0 unspecified atom stereocenters. The molecule has 1 aliphatic heterocycles. The Bertz CT molecular complexity index is 2210. The van der Waals surface area contributed by atoms with Gasteiger partial charge < -0.3 is 32.0 Å². The molecule has 1 aliphatic rings. The van der Waals surface area contributed by atoms with E-state index in [4.69, 9.17) is 39.7 Å². The smallest absolute Gasteiger partial charge is 0.243 e. The highest BCUT2D eigenvalue weighted by molar-refractivity contribution is 7.99. The summed E-state index contributed by atoms with van der Waals surface area (Å²) in [6.45, 7) is 3.34. The van der Waals surface area contributed by atoms with E-state index in [2.05, 4.69) is 20.6 Å². The fourth-order valence-corrected chi connectivity index (χ4v) is 9.02. The maximum absolute atomic E-state index is 14.7. The highest BCUT2D eigenvalue weighted by atomic mass is 35.5. The lowest BCUT2D eigenvalue weighted by atomic mass is 9.90. The normalized spacial score (nSPS) is 18.6. The second kappa shape index (κ2) is 19.9. The number of fused-ring (bicyclic) bond motifs is 3. The van der Waals surface area contributed by atoms with Crippen molar-refractivity contribution in [3.8, 4) is 11.1 Å². The van der Waals surface area contributed by atoms with Gasteiger partial charge in [-0.05, 0) is 110 Å². The predicted molar refractivity (Wildman–Crippen MR) is 228 cm³/mol. The van der Waals surface area contributed by atoms with E-state index >= 15 is 0 Å². The highest BCUT2D eigenvalue weighted by Crippen LogP contribution is 2.40. The number of halogens is 2. The number of nitrogens with one attached hydrogen (secondary N) is 3. The van der Waals surface area contributed by atoms with Crippen LogP contribution in [0.5, 0.6) is 0 Å². The molecule has 0 saturated carbocycles. The van der Waals surface area contributed by atoms with Crippen molar-refractivity contribution in [1.29, 1.82) is 0 Å². The third-order valence-corrected chi connectivity index (χ3v) is 12.5. The second-order valence-corrected chi connectivity index (χ2v) is 16.4. The monoisotopic (exact) mass is 828 g/mol. The topological polar surface area (TPSA) is 172 Å². The van der Waals surface area contributed by atoms with Gasteiger partial charge in [0.15, 0.2) is 5.78 Å². The first-order valence-corrected chi connectivity index (χ1v) is 21.0. The number of aromatic nitrogens is 3. The summed E-state index contributed by atoms with van der Waals surface area (Å²) in [4.78, 5) is 58.2. The quantitative estimate of drug-likeness (QED) is 0.0735. The molecule has 11 nitrogen and oxygen atoms in total. The number of aromatic amines is 1. The van der Waals surface area contributed by atoms with E-state index in [1.165, 1.54) is 16.7 Å². The predicted octanol–water partition coefficient (Wildman–Crippen LogP) is 6.99. The summed E-state index contributed by atoms with van der Waals surface area (Å²) in [7, 11) is 1.67. The van der Waals surface area contributed by atoms with Crippen LogP contribution in [0, 0.1) is 12.8 Å². The Morgan fingerprint density at radius 3 is 2.47 bits per heavy atom. The Hall–Kier alpha value is -4.30. The molecule has 4 heterocycles. The van der Waals surface area contributed by atoms with Crippen LogP contribution in [-0.2, 0) is 33.9 Å². The fraction of sp³-hybridized carbons (Fsp3) is 0.372. The first-order chi connectivity index (χ1) is 27.6. The molecule has 2 aromatic carbocycles. The van der Waals surface area contributed by atoms with Crippen molar-refractivity contribution in [2.75, 3.05) is 20.1 Å². The Balaban J connectivity index is 1.46. The minimum atomic E-state index is -0.902. The molecular formula is C43H50Cl2N8O3S. The number of nitrogens with zero attached hydrogens (tertiary/aromatic N) is 3. The molecule has 0 fully saturated rings. The van der Waals surface area contributed by atoms with Crippen molar-refractivity contribution in [1.82, 2.24) is 30.5 Å². The first kappa shape index (κ1) is 42.3. The Morgan fingerprint density at radius 1 is 0.877 bits per heavy atom. The molecule has 0 aliphatic carbocycles. The van der Waals surface area contributed by atoms with Crippen molar-refractivity contribution in [2.45, 2.75) is 87.0 Å². The van der Waals surface area contributed by atoms with Crippen molar-refractivity contribution >= 4 is 63.5 Å². The van der Waals surface area contributed by atoms with E-state index in [1.54, 1.807) is 25.5 Å². The number of ketones is 1. The van der Waals surface area contributed by atoms with E-state index in [9.17, 15) is 14.4 Å². The minimum absolute atomic E-state index is 0.0218. The number of H-pyrrole nitrogens is 1. The van der Waals surface area contributed by atoms with Crippen molar-refractivity contribution in [2.24, 2.45) is 17.4 Å². The standard InChI is InChI=1S/C43H50Cl2N8O3S/c1-26-33(32-11-3-4-12-35(32)52-26)23-37-41(55)51-25-31-19-30(27-14-18-48-39(45)22-27)20-34(44)40(31)57-42-29(10-8-17-49-42)24-50-36(13-7-16-47)38(54)21-28(9-5-6-15-46)43(56)53(37)2/h3-4,8,10-12,14,17-20,22,28,36-37,50,52H,5-7,9,13,15-16,21,23-25,46-47H2,1-2H3,(H,51,55)/t28-,36+,37+/m1/s1. The molecule has 0 spiro atoms. The zero-order chi connectivity index (χ0) is 40.5. The summed E-state index contributed by atoms with van der Waals surface area (Å²) in [5.74, 6) is -1.32. The third-order valence-electron chi connectivity index (χ3n) is 10.7. The number of aryl methyl sites for hydroxylation is 1. The summed E-state index contributed by atoms with van der Waals surface area (Å²) in [6.07, 6.45) is 6.62. The molecule has 0 bridgehead atoms. The Labute approximate surface area is 348 Å². The number of nitrogens with two attached hydrogens (primary N) is 2. The Kier molecular flexibility index (Phi) is 14.8. The molecule has 300 valence electrons. The molecule has 14 heteroatoms. The number of unbranched alkanes of at least 4 members (excludes halogenated alkanes) is 1. The average Bonchev–Trinajstić information content (AvgIpc) is 3.53. The molecule has 57 heavy (non-hydrogen) atoms. The number of carbonyl (C=O) groups is 3. The van der Waals surface area contributed by atoms with E-state index in [-0.39, 0.29) is 37.0 Å². The lowest BCUT2D eigenvalue weighted by Gasteiger charge is -2.31. The molecule has 5 aromatic rings. The lowest BCUT2D eigenvalue weighted by Crippen LogP contribution is -2.51. The number of hydrogen-bond acceptors (Lipinski definition) is 9. The number of hydrogen-bond donors (Lipinski definition) is 5. The van der Waals surface area contributed by atoms with Crippen LogP contribution in [0.25, 0.3) is 22.0 Å². The number of para-hydroxylation sites is 1. The van der Waals surface area contributed by atoms with Crippen molar-refractivity contribution < 1.29 is 14.4 Å². The zero-order valence-corrected chi connectivity index (χ0v) is 34.7. The molecular weight excluding hydrogens is 779 g/mol. The van der Waals surface area contributed by atoms with E-state index in [1.807, 2.05) is 61.5 Å². The molecule has 6 rings (SSSR count). The molecule has 0 saturated heterocycles. The number of amides is 2. The van der Waals surface area contributed by atoms with Crippen LogP contribution in [0.4, 0.5) is 0 Å². The number of Topliss-reactive ketones (excluding diaryl/α,β-unsaturated/α-hetero) is 1. The highest BCUT2D eigenvalue weighted by Gasteiger charge is 2.35. The first-order valence-electron chi connectivity index (χ1n) is 19.4. The fourth-order valence-electron chi connectivity index (χ4n) is 7.50.